The van der Waals surface area contributed by atoms with Gasteiger partial charge in [-0.1, -0.05) is 19.3 Å². The van der Waals surface area contributed by atoms with E-state index in [1.165, 1.54) is 30.5 Å². The van der Waals surface area contributed by atoms with E-state index in [1.807, 2.05) is 7.05 Å². The van der Waals surface area contributed by atoms with Gasteiger partial charge in [-0.05, 0) is 26.3 Å². The highest BCUT2D eigenvalue weighted by Crippen LogP contribution is 2.37. The Kier molecular flexibility index (Phi) is 4.66. The largest absolute Gasteiger partial charge is 0.465 e. The van der Waals surface area contributed by atoms with Gasteiger partial charge in [-0.15, -0.1) is 0 Å². The molecule has 2 aliphatic rings. The van der Waals surface area contributed by atoms with Crippen molar-refractivity contribution in [1.82, 2.24) is 19.8 Å². The Morgan fingerprint density at radius 2 is 2.17 bits per heavy atom. The van der Waals surface area contributed by atoms with Crippen LogP contribution in [0, 0.1) is 0 Å². The van der Waals surface area contributed by atoms with Gasteiger partial charge >= 0.3 is 6.09 Å². The van der Waals surface area contributed by atoms with Crippen molar-refractivity contribution in [1.29, 1.82) is 0 Å². The van der Waals surface area contributed by atoms with E-state index in [0.717, 1.165) is 19.3 Å². The lowest BCUT2D eigenvalue weighted by atomic mass is 9.93. The molecule has 0 bridgehead atoms. The molecule has 1 amide bonds. The molecule has 2 heterocycles. The van der Waals surface area contributed by atoms with Crippen LogP contribution >= 0.6 is 0 Å². The van der Waals surface area contributed by atoms with Gasteiger partial charge in [-0.3, -0.25) is 4.90 Å². The summed E-state index contributed by atoms with van der Waals surface area (Å²) in [4.78, 5) is 23.3. The highest BCUT2D eigenvalue weighted by molar-refractivity contribution is 5.66. The molecule has 1 aliphatic heterocycles. The Bertz CT molecular complexity index is 535. The van der Waals surface area contributed by atoms with E-state index in [2.05, 4.69) is 14.9 Å². The summed E-state index contributed by atoms with van der Waals surface area (Å²) in [6.45, 7) is 0.484. The van der Waals surface area contributed by atoms with Crippen molar-refractivity contribution < 1.29 is 14.6 Å². The normalized spacial score (nSPS) is 25.7. The van der Waals surface area contributed by atoms with Gasteiger partial charge in [0, 0.05) is 31.3 Å². The van der Waals surface area contributed by atoms with E-state index in [0.29, 0.717) is 24.9 Å². The van der Waals surface area contributed by atoms with Crippen molar-refractivity contribution in [3.8, 4) is 5.88 Å². The fourth-order valence-electron chi connectivity index (χ4n) is 3.83. The van der Waals surface area contributed by atoms with Crippen molar-refractivity contribution in [2.24, 2.45) is 0 Å². The van der Waals surface area contributed by atoms with Crippen molar-refractivity contribution in [3.63, 3.8) is 0 Å². The smallest absolute Gasteiger partial charge is 0.411 e. The van der Waals surface area contributed by atoms with Gasteiger partial charge in [-0.25, -0.2) is 19.7 Å². The highest BCUT2D eigenvalue weighted by atomic mass is 16.6. The Hall–Kier alpha value is -1.89. The average Bonchev–Trinajstić information content (AvgIpc) is 3.01. The zero-order valence-electron chi connectivity index (χ0n) is 13.5. The van der Waals surface area contributed by atoms with Crippen molar-refractivity contribution in [3.05, 3.63) is 18.6 Å². The van der Waals surface area contributed by atoms with Gasteiger partial charge in [0.2, 0.25) is 11.7 Å². The molecule has 3 rings (SSSR count). The van der Waals surface area contributed by atoms with Crippen molar-refractivity contribution >= 4 is 6.09 Å². The van der Waals surface area contributed by atoms with E-state index in [1.54, 1.807) is 12.3 Å². The fraction of sp³-hybridized carbons (Fsp3) is 0.688. The highest BCUT2D eigenvalue weighted by Gasteiger charge is 2.51. The predicted octanol–water partition coefficient (Wildman–Crippen LogP) is 2.55. The molecule has 1 unspecified atom stereocenters. The molecule has 2 fully saturated rings. The predicted molar refractivity (Wildman–Crippen MR) is 84.0 cm³/mol. The molecule has 0 radical (unpaired) electrons. The number of ether oxygens (including phenoxy) is 1. The van der Waals surface area contributed by atoms with Crippen LogP contribution in [0.15, 0.2) is 18.6 Å². The van der Waals surface area contributed by atoms with E-state index in [9.17, 15) is 9.90 Å². The Morgan fingerprint density at radius 1 is 1.39 bits per heavy atom. The van der Waals surface area contributed by atoms with Crippen LogP contribution in [0.2, 0.25) is 0 Å². The SMILES string of the molecule is CN(C1CCCCC1)C1(Oc2ccncn2)CCCN1C(=O)O. The molecule has 126 valence electrons. The number of likely N-dealkylation sites (tertiary alicyclic amines) is 1. The van der Waals surface area contributed by atoms with Crippen molar-refractivity contribution in [2.45, 2.75) is 56.8 Å². The van der Waals surface area contributed by atoms with E-state index >= 15 is 0 Å². The maximum atomic E-state index is 11.8. The number of aromatic nitrogens is 2. The number of amides is 1. The molecular formula is C16H24N4O3. The molecule has 7 heteroatoms. The minimum Gasteiger partial charge on any atom is -0.465 e. The summed E-state index contributed by atoms with van der Waals surface area (Å²) in [5.41, 5.74) is 0. The molecule has 1 aromatic heterocycles. The number of carbonyl (C=O) groups is 1. The fourth-order valence-corrected chi connectivity index (χ4v) is 3.83. The third kappa shape index (κ3) is 3.10. The minimum atomic E-state index is -0.970. The van der Waals surface area contributed by atoms with Crippen LogP contribution in [-0.4, -0.2) is 56.5 Å². The Balaban J connectivity index is 1.90. The molecule has 1 saturated heterocycles. The lowest BCUT2D eigenvalue weighted by Gasteiger charge is -2.47. The van der Waals surface area contributed by atoms with Gasteiger partial charge < -0.3 is 9.84 Å². The first-order valence-corrected chi connectivity index (χ1v) is 8.32. The summed E-state index contributed by atoms with van der Waals surface area (Å²) in [6.07, 6.45) is 9.31. The van der Waals surface area contributed by atoms with Crippen LogP contribution in [0.3, 0.4) is 0 Å². The zero-order valence-corrected chi connectivity index (χ0v) is 13.5. The number of nitrogens with zero attached hydrogens (tertiary/aromatic N) is 4. The first-order valence-electron chi connectivity index (χ1n) is 8.32. The first kappa shape index (κ1) is 16.0. The van der Waals surface area contributed by atoms with Crippen LogP contribution < -0.4 is 4.74 Å². The molecule has 1 aromatic rings. The molecule has 23 heavy (non-hydrogen) atoms. The van der Waals surface area contributed by atoms with E-state index < -0.39 is 11.9 Å². The maximum absolute atomic E-state index is 11.8. The Morgan fingerprint density at radius 3 is 2.83 bits per heavy atom. The van der Waals surface area contributed by atoms with Crippen LogP contribution in [0.5, 0.6) is 5.88 Å². The topological polar surface area (TPSA) is 78.8 Å². The van der Waals surface area contributed by atoms with Crippen molar-refractivity contribution in [2.75, 3.05) is 13.6 Å². The van der Waals surface area contributed by atoms with Crippen LogP contribution in [0.1, 0.15) is 44.9 Å². The molecule has 1 atom stereocenters. The second-order valence-corrected chi connectivity index (χ2v) is 6.33. The molecule has 0 aromatic carbocycles. The van der Waals surface area contributed by atoms with E-state index in [4.69, 9.17) is 4.74 Å². The van der Waals surface area contributed by atoms with Crippen LogP contribution in [-0.2, 0) is 0 Å². The summed E-state index contributed by atoms with van der Waals surface area (Å²) in [5.74, 6) is -0.557. The van der Waals surface area contributed by atoms with Gasteiger partial charge in [-0.2, -0.15) is 0 Å². The maximum Gasteiger partial charge on any atom is 0.411 e. The monoisotopic (exact) mass is 320 g/mol. The zero-order chi connectivity index (χ0) is 16.3. The lowest BCUT2D eigenvalue weighted by molar-refractivity contribution is -0.172. The molecule has 1 N–H and O–H groups in total. The lowest BCUT2D eigenvalue weighted by Crippen LogP contribution is -2.64. The second kappa shape index (κ2) is 6.70. The molecule has 1 aliphatic carbocycles. The first-order chi connectivity index (χ1) is 11.1. The summed E-state index contributed by atoms with van der Waals surface area (Å²) in [6, 6.07) is 2.01. The van der Waals surface area contributed by atoms with Gasteiger partial charge in [0.25, 0.3) is 0 Å². The summed E-state index contributed by atoms with van der Waals surface area (Å²) >= 11 is 0. The quantitative estimate of drug-likeness (QED) is 0.859. The van der Waals surface area contributed by atoms with Gasteiger partial charge in [0.1, 0.15) is 6.33 Å². The molecular weight excluding hydrogens is 296 g/mol. The average molecular weight is 320 g/mol. The minimum absolute atomic E-state index is 0.338. The Labute approximate surface area is 136 Å². The standard InChI is InChI=1S/C16H24N4O3/c1-19(13-6-3-2-4-7-13)16(9-5-11-20(16)15(21)22)23-14-8-10-17-12-18-14/h8,10,12-13H,2-7,9,11H2,1H3,(H,21,22). The molecule has 1 saturated carbocycles. The van der Waals surface area contributed by atoms with Gasteiger partial charge in [0.15, 0.2) is 0 Å². The van der Waals surface area contributed by atoms with Crippen LogP contribution in [0.4, 0.5) is 4.79 Å². The molecule has 0 spiro atoms. The number of carboxylic acid groups (broad SMARTS) is 1. The third-order valence-electron chi connectivity index (χ3n) is 5.03. The summed E-state index contributed by atoms with van der Waals surface area (Å²) in [5, 5.41) is 9.66. The van der Waals surface area contributed by atoms with Gasteiger partial charge in [0.05, 0.1) is 0 Å². The number of rotatable bonds is 4. The van der Waals surface area contributed by atoms with E-state index in [-0.39, 0.29) is 0 Å². The third-order valence-corrected chi connectivity index (χ3v) is 5.03. The molecule has 7 nitrogen and oxygen atoms in total. The van der Waals surface area contributed by atoms with Crippen LogP contribution in [0.25, 0.3) is 0 Å². The number of hydrogen-bond donors (Lipinski definition) is 1. The summed E-state index contributed by atoms with van der Waals surface area (Å²) < 4.78 is 6.17. The summed E-state index contributed by atoms with van der Waals surface area (Å²) in [7, 11) is 1.98. The second-order valence-electron chi connectivity index (χ2n) is 6.33. The number of hydrogen-bond acceptors (Lipinski definition) is 5.